The monoisotopic (exact) mass is 216 g/mol. The van der Waals surface area contributed by atoms with Crippen LogP contribution in [0.4, 0.5) is 0 Å². The maximum Gasteiger partial charge on any atom is 0.266 e. The van der Waals surface area contributed by atoms with Gasteiger partial charge in [-0.25, -0.2) is 4.68 Å². The van der Waals surface area contributed by atoms with E-state index in [9.17, 15) is 9.90 Å². The van der Waals surface area contributed by atoms with E-state index in [2.05, 4.69) is 5.10 Å². The first kappa shape index (κ1) is 10.6. The van der Waals surface area contributed by atoms with E-state index in [1.807, 2.05) is 24.3 Å². The van der Waals surface area contributed by atoms with E-state index in [4.69, 9.17) is 0 Å². The highest BCUT2D eigenvalue weighted by molar-refractivity contribution is 5.62. The van der Waals surface area contributed by atoms with Crippen molar-refractivity contribution in [2.75, 3.05) is 0 Å². The molecule has 16 heavy (non-hydrogen) atoms. The van der Waals surface area contributed by atoms with Crippen LogP contribution in [0, 0.1) is 0 Å². The number of nitrogens with zero attached hydrogens (tertiary/aromatic N) is 2. The number of aryl methyl sites for hydroxylation is 1. The average molecular weight is 216 g/mol. The lowest BCUT2D eigenvalue weighted by atomic mass is 10.1. The zero-order chi connectivity index (χ0) is 11.5. The lowest BCUT2D eigenvalue weighted by molar-refractivity contribution is 0.282. The molecule has 0 bridgehead atoms. The fraction of sp³-hybridized carbons (Fsp3) is 0.167. The van der Waals surface area contributed by atoms with Gasteiger partial charge in [0.05, 0.1) is 12.3 Å². The highest BCUT2D eigenvalue weighted by Crippen LogP contribution is 2.20. The van der Waals surface area contributed by atoms with E-state index in [0.29, 0.717) is 5.69 Å². The molecular formula is C12H12N2O2. The molecule has 2 aromatic rings. The second-order valence-corrected chi connectivity index (χ2v) is 3.50. The summed E-state index contributed by atoms with van der Waals surface area (Å²) >= 11 is 0. The Hall–Kier alpha value is -1.94. The van der Waals surface area contributed by atoms with Crippen LogP contribution in [0.5, 0.6) is 0 Å². The van der Waals surface area contributed by atoms with Gasteiger partial charge in [-0.2, -0.15) is 5.10 Å². The van der Waals surface area contributed by atoms with Crippen LogP contribution in [0.2, 0.25) is 0 Å². The molecule has 0 radical (unpaired) electrons. The van der Waals surface area contributed by atoms with E-state index in [1.165, 1.54) is 10.7 Å². The smallest absolute Gasteiger partial charge is 0.266 e. The summed E-state index contributed by atoms with van der Waals surface area (Å²) in [6.45, 7) is -0.0410. The molecule has 0 saturated carbocycles. The zero-order valence-corrected chi connectivity index (χ0v) is 8.92. The van der Waals surface area contributed by atoms with Crippen LogP contribution in [0.25, 0.3) is 11.3 Å². The Morgan fingerprint density at radius 1 is 1.25 bits per heavy atom. The van der Waals surface area contributed by atoms with Gasteiger partial charge in [0.1, 0.15) is 0 Å². The molecule has 0 amide bonds. The molecule has 1 aromatic carbocycles. The summed E-state index contributed by atoms with van der Waals surface area (Å²) in [5, 5.41) is 13.4. The summed E-state index contributed by atoms with van der Waals surface area (Å²) in [6, 6.07) is 10.6. The van der Waals surface area contributed by atoms with Gasteiger partial charge in [-0.05, 0) is 11.6 Å². The summed E-state index contributed by atoms with van der Waals surface area (Å²) in [5.74, 6) is 0. The van der Waals surface area contributed by atoms with Crippen molar-refractivity contribution in [1.82, 2.24) is 9.78 Å². The first-order valence-corrected chi connectivity index (χ1v) is 4.96. The van der Waals surface area contributed by atoms with E-state index in [-0.39, 0.29) is 12.2 Å². The zero-order valence-electron chi connectivity index (χ0n) is 8.92. The molecule has 0 aliphatic heterocycles. The Kier molecular flexibility index (Phi) is 2.83. The molecule has 0 atom stereocenters. The van der Waals surface area contributed by atoms with E-state index in [1.54, 1.807) is 13.1 Å². The van der Waals surface area contributed by atoms with Crippen LogP contribution in [0.3, 0.4) is 0 Å². The molecular weight excluding hydrogens is 204 g/mol. The summed E-state index contributed by atoms with van der Waals surface area (Å²) in [7, 11) is 1.60. The van der Waals surface area contributed by atoms with Gasteiger partial charge in [-0.3, -0.25) is 4.79 Å². The first-order chi connectivity index (χ1) is 7.72. The molecule has 0 aliphatic rings. The molecule has 1 N–H and O–H groups in total. The summed E-state index contributed by atoms with van der Waals surface area (Å²) in [6.07, 6.45) is 0. The third-order valence-corrected chi connectivity index (χ3v) is 2.42. The fourth-order valence-electron chi connectivity index (χ4n) is 1.55. The molecule has 4 heteroatoms. The number of hydrogen-bond donors (Lipinski definition) is 1. The number of rotatable bonds is 2. The standard InChI is InChI=1S/C12H12N2O2/c1-14-12(16)7-6-11(13-14)10-5-3-2-4-9(10)8-15/h2-7,15H,8H2,1H3. The minimum atomic E-state index is -0.148. The molecule has 0 saturated heterocycles. The molecule has 0 spiro atoms. The molecule has 4 nitrogen and oxygen atoms in total. The number of hydrogen-bond acceptors (Lipinski definition) is 3. The fourth-order valence-corrected chi connectivity index (χ4v) is 1.55. The molecule has 2 rings (SSSR count). The molecule has 82 valence electrons. The second-order valence-electron chi connectivity index (χ2n) is 3.50. The van der Waals surface area contributed by atoms with Gasteiger partial charge in [-0.1, -0.05) is 24.3 Å². The highest BCUT2D eigenvalue weighted by Gasteiger charge is 2.05. The van der Waals surface area contributed by atoms with Crippen molar-refractivity contribution in [2.24, 2.45) is 7.05 Å². The van der Waals surface area contributed by atoms with Crippen molar-refractivity contribution >= 4 is 0 Å². The van der Waals surface area contributed by atoms with Crippen molar-refractivity contribution in [3.05, 3.63) is 52.3 Å². The van der Waals surface area contributed by atoms with Gasteiger partial charge >= 0.3 is 0 Å². The minimum Gasteiger partial charge on any atom is -0.392 e. The largest absolute Gasteiger partial charge is 0.392 e. The number of aliphatic hydroxyl groups excluding tert-OH is 1. The van der Waals surface area contributed by atoms with Crippen molar-refractivity contribution in [2.45, 2.75) is 6.61 Å². The SMILES string of the molecule is Cn1nc(-c2ccccc2CO)ccc1=O. The Balaban J connectivity index is 2.58. The van der Waals surface area contributed by atoms with Crippen molar-refractivity contribution < 1.29 is 5.11 Å². The van der Waals surface area contributed by atoms with Crippen LogP contribution >= 0.6 is 0 Å². The van der Waals surface area contributed by atoms with Crippen molar-refractivity contribution in [3.8, 4) is 11.3 Å². The second kappa shape index (κ2) is 4.28. The number of benzene rings is 1. The quantitative estimate of drug-likeness (QED) is 0.812. The maximum absolute atomic E-state index is 11.2. The third kappa shape index (κ3) is 1.87. The predicted molar refractivity (Wildman–Crippen MR) is 60.8 cm³/mol. The molecule has 1 aromatic heterocycles. The minimum absolute atomic E-state index is 0.0410. The van der Waals surface area contributed by atoms with Crippen molar-refractivity contribution in [1.29, 1.82) is 0 Å². The average Bonchev–Trinajstić information content (AvgIpc) is 2.32. The predicted octanol–water partition coefficient (Wildman–Crippen LogP) is 0.940. The lowest BCUT2D eigenvalue weighted by Crippen LogP contribution is -2.18. The van der Waals surface area contributed by atoms with Crippen LogP contribution in [0.1, 0.15) is 5.56 Å². The van der Waals surface area contributed by atoms with Gasteiger partial charge in [0, 0.05) is 18.7 Å². The van der Waals surface area contributed by atoms with Crippen LogP contribution < -0.4 is 5.56 Å². The Morgan fingerprint density at radius 2 is 2.00 bits per heavy atom. The first-order valence-electron chi connectivity index (χ1n) is 4.96. The molecule has 0 fully saturated rings. The Bertz CT molecular complexity index is 561. The summed E-state index contributed by atoms with van der Waals surface area (Å²) in [5.41, 5.74) is 2.19. The van der Waals surface area contributed by atoms with Crippen molar-refractivity contribution in [3.63, 3.8) is 0 Å². The summed E-state index contributed by atoms with van der Waals surface area (Å²) in [4.78, 5) is 11.2. The van der Waals surface area contributed by atoms with Crippen LogP contribution in [-0.2, 0) is 13.7 Å². The lowest BCUT2D eigenvalue weighted by Gasteiger charge is -2.06. The van der Waals surface area contributed by atoms with E-state index >= 15 is 0 Å². The summed E-state index contributed by atoms with van der Waals surface area (Å²) < 4.78 is 1.28. The Morgan fingerprint density at radius 3 is 2.69 bits per heavy atom. The number of aromatic nitrogens is 2. The molecule has 0 aliphatic carbocycles. The van der Waals surface area contributed by atoms with E-state index in [0.717, 1.165) is 11.1 Å². The third-order valence-electron chi connectivity index (χ3n) is 2.42. The van der Waals surface area contributed by atoms with Gasteiger partial charge in [0.25, 0.3) is 5.56 Å². The van der Waals surface area contributed by atoms with Gasteiger partial charge in [-0.15, -0.1) is 0 Å². The van der Waals surface area contributed by atoms with Gasteiger partial charge in [0.2, 0.25) is 0 Å². The number of aliphatic hydroxyl groups is 1. The Labute approximate surface area is 92.8 Å². The maximum atomic E-state index is 11.2. The van der Waals surface area contributed by atoms with Gasteiger partial charge in [0.15, 0.2) is 0 Å². The van der Waals surface area contributed by atoms with Gasteiger partial charge < -0.3 is 5.11 Å². The highest BCUT2D eigenvalue weighted by atomic mass is 16.3. The van der Waals surface area contributed by atoms with Crippen LogP contribution in [0.15, 0.2) is 41.2 Å². The molecule has 1 heterocycles. The molecule has 0 unspecified atom stereocenters. The topological polar surface area (TPSA) is 55.1 Å². The van der Waals surface area contributed by atoms with E-state index < -0.39 is 0 Å². The normalized spacial score (nSPS) is 10.4. The van der Waals surface area contributed by atoms with Crippen LogP contribution in [-0.4, -0.2) is 14.9 Å².